The molecule has 0 spiro atoms. The van der Waals surface area contributed by atoms with Crippen molar-refractivity contribution in [2.45, 2.75) is 154 Å². The van der Waals surface area contributed by atoms with Crippen LogP contribution in [0.1, 0.15) is 157 Å². The molecule has 2 aliphatic rings. The lowest BCUT2D eigenvalue weighted by Crippen LogP contribution is -2.38. The average Bonchev–Trinajstić information content (AvgIpc) is 3.53. The number of aryl methyl sites for hydroxylation is 1. The second-order valence-electron chi connectivity index (χ2n) is 14.5. The fourth-order valence-corrected chi connectivity index (χ4v) is 7.63. The van der Waals surface area contributed by atoms with Gasteiger partial charge < -0.3 is 14.2 Å². The molecule has 2 aromatic heterocycles. The predicted octanol–water partition coefficient (Wildman–Crippen LogP) is 9.67. The fourth-order valence-electron chi connectivity index (χ4n) is 7.63. The van der Waals surface area contributed by atoms with E-state index >= 15 is 0 Å². The van der Waals surface area contributed by atoms with E-state index < -0.39 is 6.10 Å². The Hall–Kier alpha value is -3.33. The Labute approximate surface area is 297 Å². The van der Waals surface area contributed by atoms with Gasteiger partial charge in [-0.2, -0.15) is 0 Å². The van der Waals surface area contributed by atoms with E-state index in [1.165, 1.54) is 69.9 Å². The molecule has 0 amide bonds. The van der Waals surface area contributed by atoms with E-state index in [1.54, 1.807) is 10.6 Å². The van der Waals surface area contributed by atoms with Crippen LogP contribution < -0.4 is 5.56 Å². The number of benzene rings is 1. The zero-order valence-corrected chi connectivity index (χ0v) is 30.6. The zero-order chi connectivity index (χ0) is 35.1. The maximum absolute atomic E-state index is 13.6. The van der Waals surface area contributed by atoms with Gasteiger partial charge in [0.15, 0.2) is 17.5 Å². The molecule has 4 heterocycles. The van der Waals surface area contributed by atoms with Gasteiger partial charge in [-0.05, 0) is 96.4 Å². The van der Waals surface area contributed by atoms with E-state index in [0.717, 1.165) is 86.9 Å². The first kappa shape index (κ1) is 37.9. The molecule has 0 aliphatic carbocycles. The van der Waals surface area contributed by atoms with Crippen molar-refractivity contribution in [3.63, 3.8) is 0 Å². The minimum atomic E-state index is -0.456. The highest BCUT2D eigenvalue weighted by molar-refractivity contribution is 5.79. The highest BCUT2D eigenvalue weighted by atomic mass is 19.1. The van der Waals surface area contributed by atoms with Crippen molar-refractivity contribution in [1.82, 2.24) is 19.6 Å². The number of allylic oxidation sites excluding steroid dienone is 2. The Balaban J connectivity index is 0.993. The summed E-state index contributed by atoms with van der Waals surface area (Å²) in [5.74, 6) is 0.359. The van der Waals surface area contributed by atoms with E-state index in [9.17, 15) is 14.0 Å². The summed E-state index contributed by atoms with van der Waals surface area (Å²) >= 11 is 0. The van der Waals surface area contributed by atoms with Gasteiger partial charge in [0.05, 0.1) is 5.69 Å². The predicted molar refractivity (Wildman–Crippen MR) is 197 cm³/mol. The molecule has 1 atom stereocenters. The smallest absolute Gasteiger partial charge is 0.306 e. The summed E-state index contributed by atoms with van der Waals surface area (Å²) in [5.41, 5.74) is 2.89. The van der Waals surface area contributed by atoms with Crippen molar-refractivity contribution in [3.05, 3.63) is 69.3 Å². The minimum Gasteiger partial charge on any atom is -0.454 e. The van der Waals surface area contributed by atoms with Crippen molar-refractivity contribution in [3.8, 4) is 0 Å². The summed E-state index contributed by atoms with van der Waals surface area (Å²) < 4.78 is 26.6. The van der Waals surface area contributed by atoms with Crippen LogP contribution >= 0.6 is 0 Å². The Kier molecular flexibility index (Phi) is 15.1. The lowest BCUT2D eigenvalue weighted by Gasteiger charge is -2.31. The molecule has 2 aliphatic heterocycles. The molecule has 8 nitrogen and oxygen atoms in total. The highest BCUT2D eigenvalue weighted by Gasteiger charge is 2.29. The maximum atomic E-state index is 13.6. The number of hydrogen-bond donors (Lipinski definition) is 0. The SMILES string of the molecule is CCCCCCCC/C=C\CCCCCCCC(=O)OC1CCCn2c1nc(C)c(CCN1CCC(c3noc4cc(F)ccc34)CC1)c2=O. The lowest BCUT2D eigenvalue weighted by atomic mass is 9.91. The number of nitrogens with zero attached hydrogens (tertiary/aromatic N) is 4. The van der Waals surface area contributed by atoms with Crippen molar-refractivity contribution in [2.75, 3.05) is 19.6 Å². The number of halogens is 1. The largest absolute Gasteiger partial charge is 0.454 e. The monoisotopic (exact) mass is 690 g/mol. The number of piperidine rings is 1. The number of ether oxygens (including phenoxy) is 1. The van der Waals surface area contributed by atoms with Crippen molar-refractivity contribution in [2.24, 2.45) is 0 Å². The number of aromatic nitrogens is 3. The molecule has 1 saturated heterocycles. The van der Waals surface area contributed by atoms with Gasteiger partial charge in [0.1, 0.15) is 5.82 Å². The molecular formula is C41H59FN4O4. The molecule has 5 rings (SSSR count). The molecule has 274 valence electrons. The fraction of sp³-hybridized carbons (Fsp3) is 0.659. The third kappa shape index (κ3) is 10.8. The molecular weight excluding hydrogens is 631 g/mol. The summed E-state index contributed by atoms with van der Waals surface area (Å²) in [7, 11) is 0. The number of unbranched alkanes of at least 4 members (excludes halogenated alkanes) is 11. The number of likely N-dealkylation sites (tertiary alicyclic amines) is 1. The number of carbonyl (C=O) groups is 1. The summed E-state index contributed by atoms with van der Waals surface area (Å²) in [6, 6.07) is 4.60. The zero-order valence-electron chi connectivity index (χ0n) is 30.6. The Bertz CT molecular complexity index is 1590. The topological polar surface area (TPSA) is 90.5 Å². The minimum absolute atomic E-state index is 0.00156. The number of hydrogen-bond acceptors (Lipinski definition) is 7. The van der Waals surface area contributed by atoms with E-state index in [1.807, 2.05) is 6.92 Å². The number of esters is 1. The molecule has 1 unspecified atom stereocenters. The summed E-state index contributed by atoms with van der Waals surface area (Å²) in [5, 5.41) is 5.16. The number of carbonyl (C=O) groups excluding carboxylic acids is 1. The first-order valence-corrected chi connectivity index (χ1v) is 19.7. The van der Waals surface area contributed by atoms with Crippen molar-refractivity contribution in [1.29, 1.82) is 0 Å². The van der Waals surface area contributed by atoms with E-state index in [4.69, 9.17) is 14.2 Å². The van der Waals surface area contributed by atoms with Gasteiger partial charge in [-0.15, -0.1) is 0 Å². The van der Waals surface area contributed by atoms with Crippen LogP contribution in [0.2, 0.25) is 0 Å². The average molecular weight is 691 g/mol. The summed E-state index contributed by atoms with van der Waals surface area (Å²) in [6.07, 6.45) is 24.5. The van der Waals surface area contributed by atoms with Crippen LogP contribution in [-0.2, 0) is 22.5 Å². The Morgan fingerprint density at radius 3 is 2.40 bits per heavy atom. The summed E-state index contributed by atoms with van der Waals surface area (Å²) in [6.45, 7) is 7.35. The van der Waals surface area contributed by atoms with E-state index in [2.05, 4.69) is 29.1 Å². The van der Waals surface area contributed by atoms with Crippen molar-refractivity contribution < 1.29 is 18.4 Å². The van der Waals surface area contributed by atoms with Crippen LogP contribution in [-0.4, -0.2) is 45.2 Å². The molecule has 1 fully saturated rings. The molecule has 0 N–H and O–H groups in total. The quantitative estimate of drug-likeness (QED) is 0.0662. The van der Waals surface area contributed by atoms with Crippen LogP contribution in [0.25, 0.3) is 11.0 Å². The van der Waals surface area contributed by atoms with Crippen LogP contribution in [0.5, 0.6) is 0 Å². The van der Waals surface area contributed by atoms with Crippen molar-refractivity contribution >= 4 is 16.9 Å². The van der Waals surface area contributed by atoms with E-state index in [-0.39, 0.29) is 23.3 Å². The lowest BCUT2D eigenvalue weighted by molar-refractivity contribution is -0.151. The van der Waals surface area contributed by atoms with Gasteiger partial charge in [-0.1, -0.05) is 75.6 Å². The standard InChI is InChI=1S/C41H59FN4O4/c1-3-4-5-6-7-8-9-10-11-12-13-14-15-16-17-20-38(47)49-36-19-18-26-46-40(36)43-31(2)34(41(46)48)25-29-45-27-23-32(24-28-45)39-35-22-21-33(42)30-37(35)50-44-39/h10-11,21-22,30,32,36H,3-9,12-20,23-29H2,1-2H3/b11-10-. The van der Waals surface area contributed by atoms with Gasteiger partial charge in [0.2, 0.25) is 0 Å². The molecule has 9 heteroatoms. The van der Waals surface area contributed by atoms with Gasteiger partial charge >= 0.3 is 5.97 Å². The molecule has 3 aromatic rings. The van der Waals surface area contributed by atoms with Gasteiger partial charge in [-0.3, -0.25) is 14.2 Å². The Morgan fingerprint density at radius 1 is 0.960 bits per heavy atom. The first-order chi connectivity index (χ1) is 24.4. The van der Waals surface area contributed by atoms with Crippen LogP contribution in [0.4, 0.5) is 4.39 Å². The van der Waals surface area contributed by atoms with Gasteiger partial charge in [0, 0.05) is 48.1 Å². The summed E-state index contributed by atoms with van der Waals surface area (Å²) in [4.78, 5) is 33.6. The highest BCUT2D eigenvalue weighted by Crippen LogP contribution is 2.33. The maximum Gasteiger partial charge on any atom is 0.306 e. The molecule has 0 bridgehead atoms. The molecule has 1 aromatic carbocycles. The second-order valence-corrected chi connectivity index (χ2v) is 14.5. The number of fused-ring (bicyclic) bond motifs is 2. The van der Waals surface area contributed by atoms with Gasteiger partial charge in [-0.25, -0.2) is 9.37 Å². The van der Waals surface area contributed by atoms with E-state index in [0.29, 0.717) is 37.2 Å². The normalized spacial score (nSPS) is 17.1. The first-order valence-electron chi connectivity index (χ1n) is 19.7. The Morgan fingerprint density at radius 2 is 1.66 bits per heavy atom. The van der Waals surface area contributed by atoms with Crippen LogP contribution in [0.3, 0.4) is 0 Å². The van der Waals surface area contributed by atoms with Crippen LogP contribution in [0.15, 0.2) is 39.7 Å². The molecule has 50 heavy (non-hydrogen) atoms. The van der Waals surface area contributed by atoms with Gasteiger partial charge in [0.25, 0.3) is 5.56 Å². The molecule has 0 saturated carbocycles. The number of rotatable bonds is 20. The van der Waals surface area contributed by atoms with Crippen LogP contribution in [0, 0.1) is 12.7 Å². The third-order valence-corrected chi connectivity index (χ3v) is 10.7. The third-order valence-electron chi connectivity index (χ3n) is 10.7. The second kappa shape index (κ2) is 19.9. The molecule has 0 radical (unpaired) electrons.